The van der Waals surface area contributed by atoms with Gasteiger partial charge in [-0.1, -0.05) is 59.6 Å². The number of aliphatic hydroxyl groups is 1. The quantitative estimate of drug-likeness (QED) is 0.277. The normalized spacial score (nSPS) is 18.4. The van der Waals surface area contributed by atoms with Crippen LogP contribution in [-0.4, -0.2) is 106 Å². The van der Waals surface area contributed by atoms with Crippen molar-refractivity contribution in [3.8, 4) is 0 Å². The van der Waals surface area contributed by atoms with Gasteiger partial charge in [-0.2, -0.15) is 0 Å². The Balaban J connectivity index is 1.55. The molecule has 2 aromatic rings. The summed E-state index contributed by atoms with van der Waals surface area (Å²) < 4.78 is 16.0. The number of hydrogen-bond acceptors (Lipinski definition) is 7. The molecule has 216 valence electrons. The van der Waals surface area contributed by atoms with Crippen molar-refractivity contribution in [2.45, 2.75) is 31.0 Å². The molecule has 3 rings (SSSR count). The van der Waals surface area contributed by atoms with Crippen LogP contribution in [0.15, 0.2) is 48.5 Å². The van der Waals surface area contributed by atoms with Crippen molar-refractivity contribution in [1.29, 1.82) is 0 Å². The molecule has 8 nitrogen and oxygen atoms in total. The molecule has 39 heavy (non-hydrogen) atoms. The molecular weight excluding hydrogens is 541 g/mol. The minimum Gasteiger partial charge on any atom is -0.392 e. The average Bonchev–Trinajstić information content (AvgIpc) is 3.29. The van der Waals surface area contributed by atoms with Gasteiger partial charge in [0.2, 0.25) is 5.91 Å². The van der Waals surface area contributed by atoms with Gasteiger partial charge in [-0.25, -0.2) is 0 Å². The molecule has 3 atom stereocenters. The minimum atomic E-state index is -0.397. The van der Waals surface area contributed by atoms with Crippen LogP contribution < -0.4 is 5.32 Å². The van der Waals surface area contributed by atoms with Crippen molar-refractivity contribution in [2.75, 3.05) is 73.4 Å². The van der Waals surface area contributed by atoms with E-state index in [9.17, 15) is 9.90 Å². The van der Waals surface area contributed by atoms with Crippen molar-refractivity contribution in [2.24, 2.45) is 0 Å². The summed E-state index contributed by atoms with van der Waals surface area (Å²) in [6.07, 6.45) is 0.511. The van der Waals surface area contributed by atoms with E-state index in [2.05, 4.69) is 10.2 Å². The molecule has 1 heterocycles. The summed E-state index contributed by atoms with van der Waals surface area (Å²) in [5, 5.41) is 14.8. The lowest BCUT2D eigenvalue weighted by atomic mass is 10.0. The van der Waals surface area contributed by atoms with E-state index in [1.165, 1.54) is 0 Å². The van der Waals surface area contributed by atoms with Crippen LogP contribution in [0, 0.1) is 0 Å². The highest BCUT2D eigenvalue weighted by Crippen LogP contribution is 2.27. The van der Waals surface area contributed by atoms with E-state index in [0.29, 0.717) is 69.1 Å². The lowest BCUT2D eigenvalue weighted by Crippen LogP contribution is -2.45. The van der Waals surface area contributed by atoms with Gasteiger partial charge in [0.15, 0.2) is 0 Å². The summed E-state index contributed by atoms with van der Waals surface area (Å²) in [6, 6.07) is 15.3. The molecule has 10 heteroatoms. The fourth-order valence-corrected chi connectivity index (χ4v) is 5.06. The number of hydrogen-bond donors (Lipinski definition) is 2. The fourth-order valence-electron chi connectivity index (χ4n) is 4.74. The van der Waals surface area contributed by atoms with E-state index in [1.54, 1.807) is 24.1 Å². The zero-order valence-corrected chi connectivity index (χ0v) is 24.4. The Morgan fingerprint density at radius 1 is 1.08 bits per heavy atom. The Kier molecular flexibility index (Phi) is 14.0. The van der Waals surface area contributed by atoms with Crippen LogP contribution in [0.4, 0.5) is 0 Å². The molecule has 2 aromatic carbocycles. The van der Waals surface area contributed by atoms with E-state index >= 15 is 0 Å². The van der Waals surface area contributed by atoms with E-state index in [-0.39, 0.29) is 24.4 Å². The molecule has 0 bridgehead atoms. The number of amides is 1. The van der Waals surface area contributed by atoms with E-state index in [1.807, 2.05) is 43.4 Å². The highest BCUT2D eigenvalue weighted by Gasteiger charge is 2.34. The molecular formula is C29H41Cl2N3O5. The van der Waals surface area contributed by atoms with Crippen molar-refractivity contribution in [3.05, 3.63) is 69.7 Å². The van der Waals surface area contributed by atoms with Crippen LogP contribution in [0.5, 0.6) is 0 Å². The molecule has 1 saturated heterocycles. The molecule has 1 amide bonds. The molecule has 0 saturated carbocycles. The molecule has 0 aliphatic carbocycles. The van der Waals surface area contributed by atoms with Crippen LogP contribution in [0.25, 0.3) is 0 Å². The Morgan fingerprint density at radius 3 is 2.51 bits per heavy atom. The lowest BCUT2D eigenvalue weighted by molar-refractivity contribution is -0.131. The summed E-state index contributed by atoms with van der Waals surface area (Å²) in [6.45, 7) is 5.45. The van der Waals surface area contributed by atoms with Crippen LogP contribution in [0.3, 0.4) is 0 Å². The standard InChI is InChI=1S/C29H41Cl2N3O5/c1-33(29(36)17-22-8-9-26(30)27(31)16-22)28(23-6-4-3-5-7-23)21-34-20-25(35)18-24(34)19-32-10-11-38-14-15-39-13-12-37-2/h3-9,16,24-25,28,32,35H,10-15,17-21H2,1-2H3/t24-,25+,28?/m0/s1. The Morgan fingerprint density at radius 2 is 1.79 bits per heavy atom. The maximum absolute atomic E-state index is 13.4. The fraction of sp³-hybridized carbons (Fsp3) is 0.552. The number of nitrogens with zero attached hydrogens (tertiary/aromatic N) is 2. The number of rotatable bonds is 17. The summed E-state index contributed by atoms with van der Waals surface area (Å²) in [5.74, 6) is -0.0139. The summed E-state index contributed by atoms with van der Waals surface area (Å²) >= 11 is 12.2. The number of carbonyl (C=O) groups excluding carboxylic acids is 1. The first-order valence-electron chi connectivity index (χ1n) is 13.4. The molecule has 0 aromatic heterocycles. The first kappa shape index (κ1) is 31.8. The highest BCUT2D eigenvalue weighted by atomic mass is 35.5. The Hall–Kier alpha value is -1.75. The number of β-amino-alcohol motifs (C(OH)–C–C–N with tert-alkyl or cyclic N) is 1. The van der Waals surface area contributed by atoms with Gasteiger partial charge in [-0.15, -0.1) is 0 Å². The zero-order valence-electron chi connectivity index (χ0n) is 22.9. The number of ether oxygens (including phenoxy) is 3. The third-order valence-corrected chi connectivity index (χ3v) is 7.64. The molecule has 0 radical (unpaired) electrons. The highest BCUT2D eigenvalue weighted by molar-refractivity contribution is 6.42. The molecule has 1 aliphatic rings. The van der Waals surface area contributed by atoms with Gasteiger partial charge in [0.05, 0.1) is 61.6 Å². The number of halogens is 2. The predicted octanol–water partition coefficient (Wildman–Crippen LogP) is 3.44. The van der Waals surface area contributed by atoms with Gasteiger partial charge in [0, 0.05) is 46.4 Å². The van der Waals surface area contributed by atoms with Crippen molar-refractivity contribution in [1.82, 2.24) is 15.1 Å². The largest absolute Gasteiger partial charge is 0.392 e. The zero-order chi connectivity index (χ0) is 28.0. The van der Waals surface area contributed by atoms with Gasteiger partial charge >= 0.3 is 0 Å². The number of benzene rings is 2. The maximum Gasteiger partial charge on any atom is 0.227 e. The van der Waals surface area contributed by atoms with Gasteiger partial charge in [0.25, 0.3) is 0 Å². The monoisotopic (exact) mass is 581 g/mol. The molecule has 2 N–H and O–H groups in total. The second-order valence-electron chi connectivity index (χ2n) is 9.78. The molecule has 1 aliphatic heterocycles. The predicted molar refractivity (Wildman–Crippen MR) is 154 cm³/mol. The maximum atomic E-state index is 13.4. The number of likely N-dealkylation sites (N-methyl/N-ethyl adjacent to an activating group) is 1. The smallest absolute Gasteiger partial charge is 0.227 e. The number of carbonyl (C=O) groups is 1. The van der Waals surface area contributed by atoms with Crippen LogP contribution >= 0.6 is 23.2 Å². The topological polar surface area (TPSA) is 83.5 Å². The van der Waals surface area contributed by atoms with Crippen molar-refractivity contribution in [3.63, 3.8) is 0 Å². The van der Waals surface area contributed by atoms with Gasteiger partial charge in [-0.05, 0) is 29.7 Å². The number of aliphatic hydroxyl groups excluding tert-OH is 1. The van der Waals surface area contributed by atoms with E-state index in [4.69, 9.17) is 37.4 Å². The molecule has 0 spiro atoms. The first-order valence-corrected chi connectivity index (χ1v) is 14.2. The van der Waals surface area contributed by atoms with Crippen molar-refractivity contribution < 1.29 is 24.1 Å². The van der Waals surface area contributed by atoms with E-state index < -0.39 is 6.10 Å². The number of methoxy groups -OCH3 is 1. The average molecular weight is 583 g/mol. The molecule has 1 unspecified atom stereocenters. The second kappa shape index (κ2) is 17.1. The SMILES string of the molecule is COCCOCCOCCNC[C@@H]1C[C@@H](O)CN1CC(c1ccccc1)N(C)C(=O)Cc1ccc(Cl)c(Cl)c1. The van der Waals surface area contributed by atoms with Crippen LogP contribution in [0.2, 0.25) is 10.0 Å². The third-order valence-electron chi connectivity index (χ3n) is 6.90. The summed E-state index contributed by atoms with van der Waals surface area (Å²) in [7, 11) is 3.49. The number of nitrogens with one attached hydrogen (secondary N) is 1. The van der Waals surface area contributed by atoms with Crippen LogP contribution in [0.1, 0.15) is 23.6 Å². The van der Waals surface area contributed by atoms with E-state index in [0.717, 1.165) is 17.7 Å². The van der Waals surface area contributed by atoms with Crippen LogP contribution in [-0.2, 0) is 25.4 Å². The molecule has 1 fully saturated rings. The first-order chi connectivity index (χ1) is 18.9. The van der Waals surface area contributed by atoms with Gasteiger partial charge in [0.1, 0.15) is 0 Å². The third kappa shape index (κ3) is 10.6. The van der Waals surface area contributed by atoms with Gasteiger partial charge < -0.3 is 29.5 Å². The van der Waals surface area contributed by atoms with Gasteiger partial charge in [-0.3, -0.25) is 9.69 Å². The lowest BCUT2D eigenvalue weighted by Gasteiger charge is -2.34. The summed E-state index contributed by atoms with van der Waals surface area (Å²) in [4.78, 5) is 17.4. The Bertz CT molecular complexity index is 1000. The Labute approximate surface area is 242 Å². The minimum absolute atomic E-state index is 0.0139. The number of likely N-dealkylation sites (tertiary alicyclic amines) is 1. The second-order valence-corrected chi connectivity index (χ2v) is 10.6. The summed E-state index contributed by atoms with van der Waals surface area (Å²) in [5.41, 5.74) is 1.87. The van der Waals surface area contributed by atoms with Crippen molar-refractivity contribution >= 4 is 29.1 Å².